The highest BCUT2D eigenvalue weighted by Crippen LogP contribution is 1.82. The number of rotatable bonds is 4. The third-order valence-electron chi connectivity index (χ3n) is 0.623. The van der Waals surface area contributed by atoms with Crippen LogP contribution in [0.3, 0.4) is 0 Å². The molecule has 0 rings (SSSR count). The molecule has 0 unspecified atom stereocenters. The number of carboxylic acid groups (broad SMARTS) is 2. The van der Waals surface area contributed by atoms with E-state index in [1.807, 2.05) is 0 Å². The molecule has 0 atom stereocenters. The van der Waals surface area contributed by atoms with E-state index in [2.05, 4.69) is 0 Å². The third-order valence-corrected chi connectivity index (χ3v) is 0.623. The molecule has 6 nitrogen and oxygen atoms in total. The zero-order valence-electron chi connectivity index (χ0n) is 4.98. The van der Waals surface area contributed by atoms with E-state index < -0.39 is 25.0 Å². The lowest BCUT2D eigenvalue weighted by molar-refractivity contribution is -0.140. The van der Waals surface area contributed by atoms with Crippen molar-refractivity contribution in [1.82, 2.24) is 5.06 Å². The molecule has 2 N–H and O–H groups in total. The molecule has 0 saturated heterocycles. The van der Waals surface area contributed by atoms with Gasteiger partial charge in [-0.1, -0.05) is 0 Å². The van der Waals surface area contributed by atoms with Crippen molar-refractivity contribution in [2.24, 2.45) is 0 Å². The van der Waals surface area contributed by atoms with Crippen LogP contribution in [0.5, 0.6) is 0 Å². The van der Waals surface area contributed by atoms with Crippen LogP contribution in [0.4, 0.5) is 0 Å². The molecular weight excluding hydrogens is 142 g/mol. The van der Waals surface area contributed by atoms with Crippen molar-refractivity contribution < 1.29 is 19.8 Å². The maximum Gasteiger partial charge on any atom is 0.316 e. The highest BCUT2D eigenvalue weighted by molar-refractivity contribution is 5.72. The molecule has 0 radical (unpaired) electrons. The molecule has 0 aliphatic heterocycles. The quantitative estimate of drug-likeness (QED) is 0.493. The summed E-state index contributed by atoms with van der Waals surface area (Å²) in [6, 6.07) is 0. The molecule has 6 heteroatoms. The first kappa shape index (κ1) is 8.86. The lowest BCUT2D eigenvalue weighted by atomic mass is 10.6. The number of aliphatic carboxylic acids is 2. The Bertz CT molecular complexity index is 129. The Morgan fingerprint density at radius 3 is 1.70 bits per heavy atom. The molecule has 0 bridgehead atoms. The Kier molecular flexibility index (Phi) is 3.37. The van der Waals surface area contributed by atoms with Gasteiger partial charge in [-0.3, -0.25) is 9.59 Å². The van der Waals surface area contributed by atoms with E-state index in [9.17, 15) is 14.8 Å². The Labute approximate surface area is 56.3 Å². The van der Waals surface area contributed by atoms with Crippen LogP contribution in [-0.4, -0.2) is 40.3 Å². The molecule has 0 aromatic carbocycles. The Hall–Kier alpha value is -1.14. The minimum absolute atomic E-state index is 0.0509. The standard InChI is InChI=1S/C4H6NO5/c6-3(7)1-5(10)2-4(8)9/h1-2H2,(H,6,7)(H,8,9)/q-1. The molecule has 0 heterocycles. The van der Waals surface area contributed by atoms with Crippen molar-refractivity contribution in [1.29, 1.82) is 0 Å². The van der Waals surface area contributed by atoms with Crippen molar-refractivity contribution in [2.75, 3.05) is 13.1 Å². The van der Waals surface area contributed by atoms with Crippen LogP contribution in [0.1, 0.15) is 0 Å². The summed E-state index contributed by atoms with van der Waals surface area (Å²) in [5.74, 6) is -2.67. The summed E-state index contributed by atoms with van der Waals surface area (Å²) >= 11 is 0. The SMILES string of the molecule is O=C(O)CN([O-])CC(=O)O. The van der Waals surface area contributed by atoms with E-state index in [0.29, 0.717) is 0 Å². The average Bonchev–Trinajstić information content (AvgIpc) is 1.58. The molecule has 0 aromatic heterocycles. The molecule has 0 fully saturated rings. The predicted octanol–water partition coefficient (Wildman–Crippen LogP) is -1.04. The minimum atomic E-state index is -1.34. The average molecular weight is 148 g/mol. The molecular formula is C4H6NO5-. The van der Waals surface area contributed by atoms with Gasteiger partial charge in [0.1, 0.15) is 0 Å². The molecule has 58 valence electrons. The molecule has 0 saturated carbocycles. The van der Waals surface area contributed by atoms with E-state index in [4.69, 9.17) is 10.2 Å². The van der Waals surface area contributed by atoms with Crippen LogP contribution in [-0.2, 0) is 9.59 Å². The Morgan fingerprint density at radius 1 is 1.20 bits per heavy atom. The number of hydrogen-bond donors (Lipinski definition) is 2. The van der Waals surface area contributed by atoms with Crippen molar-refractivity contribution in [3.63, 3.8) is 0 Å². The summed E-state index contributed by atoms with van der Waals surface area (Å²) in [6.07, 6.45) is 0. The highest BCUT2D eigenvalue weighted by atomic mass is 16.5. The van der Waals surface area contributed by atoms with Crippen LogP contribution in [0, 0.1) is 5.21 Å². The largest absolute Gasteiger partial charge is 0.784 e. The number of carbonyl (C=O) groups is 2. The van der Waals surface area contributed by atoms with Crippen molar-refractivity contribution in [3.8, 4) is 0 Å². The fourth-order valence-electron chi connectivity index (χ4n) is 0.358. The van der Waals surface area contributed by atoms with Gasteiger partial charge in [0.15, 0.2) is 0 Å². The van der Waals surface area contributed by atoms with E-state index in [1.54, 1.807) is 0 Å². The van der Waals surface area contributed by atoms with E-state index in [1.165, 1.54) is 0 Å². The first-order valence-corrected chi connectivity index (χ1v) is 2.38. The number of carboxylic acids is 2. The number of hydroxylamine groups is 2. The molecule has 0 aliphatic carbocycles. The molecule has 0 aliphatic rings. The van der Waals surface area contributed by atoms with E-state index in [-0.39, 0.29) is 5.06 Å². The van der Waals surface area contributed by atoms with Gasteiger partial charge in [-0.2, -0.15) is 0 Å². The maximum atomic E-state index is 10.2. The summed E-state index contributed by atoms with van der Waals surface area (Å²) in [6.45, 7) is -1.60. The number of hydrogen-bond acceptors (Lipinski definition) is 4. The van der Waals surface area contributed by atoms with E-state index >= 15 is 0 Å². The van der Waals surface area contributed by atoms with Gasteiger partial charge >= 0.3 is 11.9 Å². The summed E-state index contributed by atoms with van der Waals surface area (Å²) in [5.41, 5.74) is 0. The second kappa shape index (κ2) is 3.80. The van der Waals surface area contributed by atoms with Crippen LogP contribution < -0.4 is 0 Å². The molecule has 10 heavy (non-hydrogen) atoms. The lowest BCUT2D eigenvalue weighted by Gasteiger charge is -2.22. The fraction of sp³-hybridized carbons (Fsp3) is 0.500. The van der Waals surface area contributed by atoms with Gasteiger partial charge in [0.2, 0.25) is 0 Å². The van der Waals surface area contributed by atoms with Gasteiger partial charge in [-0.05, 0) is 0 Å². The molecule has 0 spiro atoms. The minimum Gasteiger partial charge on any atom is -0.784 e. The maximum absolute atomic E-state index is 10.2. The van der Waals surface area contributed by atoms with Gasteiger partial charge in [0, 0.05) is 0 Å². The zero-order valence-corrected chi connectivity index (χ0v) is 4.98. The Morgan fingerprint density at radius 2 is 1.50 bits per heavy atom. The van der Waals surface area contributed by atoms with Gasteiger partial charge in [-0.25, -0.2) is 0 Å². The van der Waals surface area contributed by atoms with Gasteiger partial charge in [0.05, 0.1) is 13.1 Å². The van der Waals surface area contributed by atoms with Gasteiger partial charge in [-0.15, -0.1) is 0 Å². The van der Waals surface area contributed by atoms with Crippen molar-refractivity contribution in [3.05, 3.63) is 5.21 Å². The number of nitrogens with zero attached hydrogens (tertiary/aromatic N) is 1. The summed E-state index contributed by atoms with van der Waals surface area (Å²) in [5, 5.41) is 26.1. The lowest BCUT2D eigenvalue weighted by Crippen LogP contribution is -2.29. The monoisotopic (exact) mass is 148 g/mol. The molecule has 0 amide bonds. The van der Waals surface area contributed by atoms with Crippen LogP contribution in [0.15, 0.2) is 0 Å². The van der Waals surface area contributed by atoms with Crippen LogP contribution in [0.25, 0.3) is 0 Å². The Balaban J connectivity index is 3.53. The van der Waals surface area contributed by atoms with Crippen molar-refractivity contribution >= 4 is 11.9 Å². The first-order valence-electron chi connectivity index (χ1n) is 2.38. The molecule has 0 aromatic rings. The normalized spacial score (nSPS) is 9.80. The van der Waals surface area contributed by atoms with Crippen LogP contribution >= 0.6 is 0 Å². The van der Waals surface area contributed by atoms with Gasteiger partial charge in [0.25, 0.3) is 0 Å². The predicted molar refractivity (Wildman–Crippen MR) is 30.2 cm³/mol. The third kappa shape index (κ3) is 5.01. The second-order valence-corrected chi connectivity index (χ2v) is 1.59. The topological polar surface area (TPSA) is 101 Å². The van der Waals surface area contributed by atoms with Crippen LogP contribution in [0.2, 0.25) is 0 Å². The van der Waals surface area contributed by atoms with Crippen molar-refractivity contribution in [2.45, 2.75) is 0 Å². The fourth-order valence-corrected chi connectivity index (χ4v) is 0.358. The highest BCUT2D eigenvalue weighted by Gasteiger charge is 2.02. The zero-order chi connectivity index (χ0) is 8.15. The second-order valence-electron chi connectivity index (χ2n) is 1.59. The summed E-state index contributed by atoms with van der Waals surface area (Å²) < 4.78 is 0. The summed E-state index contributed by atoms with van der Waals surface area (Å²) in [4.78, 5) is 19.5. The van der Waals surface area contributed by atoms with Gasteiger partial charge < -0.3 is 20.5 Å². The van der Waals surface area contributed by atoms with E-state index in [0.717, 1.165) is 0 Å². The first-order chi connectivity index (χ1) is 4.52. The smallest absolute Gasteiger partial charge is 0.316 e. The summed E-state index contributed by atoms with van der Waals surface area (Å²) in [7, 11) is 0.